The number of anilines is 1. The van der Waals surface area contributed by atoms with Crippen LogP contribution in [0.3, 0.4) is 0 Å². The molecule has 7 heteroatoms. The van der Waals surface area contributed by atoms with Crippen molar-refractivity contribution in [3.63, 3.8) is 0 Å². The van der Waals surface area contributed by atoms with Crippen molar-refractivity contribution in [1.29, 1.82) is 0 Å². The Bertz CT molecular complexity index is 1240. The fourth-order valence-electron chi connectivity index (χ4n) is 3.51. The van der Waals surface area contributed by atoms with Crippen molar-refractivity contribution in [3.05, 3.63) is 83.2 Å². The Morgan fingerprint density at radius 3 is 2.66 bits per heavy atom. The van der Waals surface area contributed by atoms with Crippen LogP contribution >= 0.6 is 22.9 Å². The minimum atomic E-state index is -0.0994. The van der Waals surface area contributed by atoms with E-state index in [9.17, 15) is 4.79 Å². The van der Waals surface area contributed by atoms with Gasteiger partial charge >= 0.3 is 0 Å². The van der Waals surface area contributed by atoms with E-state index in [1.165, 1.54) is 0 Å². The third-order valence-corrected chi connectivity index (χ3v) is 6.26. The van der Waals surface area contributed by atoms with Crippen LogP contribution in [0.2, 0.25) is 5.02 Å². The minimum absolute atomic E-state index is 0.0160. The molecule has 1 aliphatic rings. The summed E-state index contributed by atoms with van der Waals surface area (Å²) < 4.78 is 11.4. The first kappa shape index (κ1) is 20.5. The SMILES string of the molecule is O=C1COc2ccc(-c3csc(-c4ccccc4)n3)cc2N1CCOc1ccc(Cl)cc1. The largest absolute Gasteiger partial charge is 0.492 e. The molecule has 0 unspecified atom stereocenters. The second-order valence-electron chi connectivity index (χ2n) is 7.22. The zero-order chi connectivity index (χ0) is 21.9. The zero-order valence-electron chi connectivity index (χ0n) is 17.0. The first-order valence-corrected chi connectivity index (χ1v) is 11.4. The fourth-order valence-corrected chi connectivity index (χ4v) is 4.47. The number of carbonyl (C=O) groups is 1. The molecule has 0 N–H and O–H groups in total. The Labute approximate surface area is 194 Å². The predicted octanol–water partition coefficient (Wildman–Crippen LogP) is 5.93. The molecule has 0 fully saturated rings. The van der Waals surface area contributed by atoms with Crippen LogP contribution in [0.15, 0.2) is 78.2 Å². The topological polar surface area (TPSA) is 51.7 Å². The van der Waals surface area contributed by atoms with E-state index in [0.717, 1.165) is 27.5 Å². The van der Waals surface area contributed by atoms with Gasteiger partial charge in [0.25, 0.3) is 5.91 Å². The Morgan fingerprint density at radius 1 is 1.03 bits per heavy atom. The number of halogens is 1. The molecule has 1 amide bonds. The number of nitrogens with zero attached hydrogens (tertiary/aromatic N) is 2. The maximum absolute atomic E-state index is 12.6. The molecule has 3 aromatic carbocycles. The Kier molecular flexibility index (Phi) is 5.79. The van der Waals surface area contributed by atoms with Crippen molar-refractivity contribution >= 4 is 34.5 Å². The fraction of sp³-hybridized carbons (Fsp3) is 0.120. The highest BCUT2D eigenvalue weighted by atomic mass is 35.5. The number of ether oxygens (including phenoxy) is 2. The molecular formula is C25H19ClN2O3S. The summed E-state index contributed by atoms with van der Waals surface area (Å²) in [6.07, 6.45) is 0. The standard InChI is InChI=1S/C25H19ClN2O3S/c26-19-7-9-20(10-8-19)30-13-12-28-22-14-18(6-11-23(22)31-15-24(28)29)21-16-32-25(27-21)17-4-2-1-3-5-17/h1-11,14,16H,12-13,15H2. The summed E-state index contributed by atoms with van der Waals surface area (Å²) in [5.41, 5.74) is 3.62. The van der Waals surface area contributed by atoms with E-state index in [-0.39, 0.29) is 12.5 Å². The van der Waals surface area contributed by atoms with Crippen LogP contribution in [0.1, 0.15) is 0 Å². The maximum atomic E-state index is 12.6. The lowest BCUT2D eigenvalue weighted by Crippen LogP contribution is -2.41. The van der Waals surface area contributed by atoms with Crippen molar-refractivity contribution < 1.29 is 14.3 Å². The number of rotatable bonds is 6. The number of amides is 1. The van der Waals surface area contributed by atoms with Crippen LogP contribution in [0.4, 0.5) is 5.69 Å². The highest BCUT2D eigenvalue weighted by molar-refractivity contribution is 7.13. The summed E-state index contributed by atoms with van der Waals surface area (Å²) in [5, 5.41) is 3.64. The summed E-state index contributed by atoms with van der Waals surface area (Å²) in [6, 6.07) is 23.1. The van der Waals surface area contributed by atoms with E-state index in [0.29, 0.717) is 29.7 Å². The van der Waals surface area contributed by atoms with Gasteiger partial charge in [0, 0.05) is 21.5 Å². The third-order valence-electron chi connectivity index (χ3n) is 5.12. The molecule has 2 heterocycles. The third kappa shape index (κ3) is 4.33. The van der Waals surface area contributed by atoms with Crippen molar-refractivity contribution in [3.8, 4) is 33.3 Å². The van der Waals surface area contributed by atoms with Crippen molar-refractivity contribution in [2.24, 2.45) is 0 Å². The highest BCUT2D eigenvalue weighted by Gasteiger charge is 2.26. The van der Waals surface area contributed by atoms with Gasteiger partial charge in [0.1, 0.15) is 23.1 Å². The van der Waals surface area contributed by atoms with Crippen LogP contribution < -0.4 is 14.4 Å². The molecule has 0 spiro atoms. The molecule has 0 saturated carbocycles. The quantitative estimate of drug-likeness (QED) is 0.356. The normalized spacial score (nSPS) is 12.9. The molecule has 5 nitrogen and oxygen atoms in total. The van der Waals surface area contributed by atoms with Gasteiger partial charge in [-0.2, -0.15) is 0 Å². The molecule has 5 rings (SSSR count). The van der Waals surface area contributed by atoms with Gasteiger partial charge in [0.15, 0.2) is 6.61 Å². The molecule has 4 aromatic rings. The van der Waals surface area contributed by atoms with E-state index in [1.54, 1.807) is 28.4 Å². The molecule has 0 atom stereocenters. The maximum Gasteiger partial charge on any atom is 0.265 e. The second-order valence-corrected chi connectivity index (χ2v) is 8.52. The predicted molar refractivity (Wildman–Crippen MR) is 128 cm³/mol. The van der Waals surface area contributed by atoms with E-state index >= 15 is 0 Å². The summed E-state index contributed by atoms with van der Waals surface area (Å²) >= 11 is 7.51. The van der Waals surface area contributed by atoms with Crippen LogP contribution in [0.25, 0.3) is 21.8 Å². The van der Waals surface area contributed by atoms with Crippen LogP contribution in [0.5, 0.6) is 11.5 Å². The number of thiazole rings is 1. The van der Waals surface area contributed by atoms with Gasteiger partial charge < -0.3 is 14.4 Å². The molecule has 0 saturated heterocycles. The molecule has 32 heavy (non-hydrogen) atoms. The van der Waals surface area contributed by atoms with Gasteiger partial charge in [-0.05, 0) is 42.5 Å². The lowest BCUT2D eigenvalue weighted by atomic mass is 10.1. The van der Waals surface area contributed by atoms with Gasteiger partial charge in [-0.25, -0.2) is 4.98 Å². The second kappa shape index (κ2) is 9.02. The van der Waals surface area contributed by atoms with Crippen LogP contribution in [-0.2, 0) is 4.79 Å². The monoisotopic (exact) mass is 462 g/mol. The van der Waals surface area contributed by atoms with Gasteiger partial charge in [-0.1, -0.05) is 41.9 Å². The average Bonchev–Trinajstić information content (AvgIpc) is 3.32. The van der Waals surface area contributed by atoms with Crippen LogP contribution in [0, 0.1) is 0 Å². The Morgan fingerprint density at radius 2 is 1.84 bits per heavy atom. The lowest BCUT2D eigenvalue weighted by molar-refractivity contribution is -0.121. The van der Waals surface area contributed by atoms with Crippen LogP contribution in [-0.4, -0.2) is 30.6 Å². The Balaban J connectivity index is 1.36. The minimum Gasteiger partial charge on any atom is -0.492 e. The molecule has 0 bridgehead atoms. The van der Waals surface area contributed by atoms with Crippen molar-refractivity contribution in [1.82, 2.24) is 4.98 Å². The molecule has 1 aliphatic heterocycles. The van der Waals surface area contributed by atoms with E-state index in [1.807, 2.05) is 66.0 Å². The molecule has 0 aliphatic carbocycles. The van der Waals surface area contributed by atoms with Gasteiger partial charge in [0.2, 0.25) is 0 Å². The molecule has 1 aromatic heterocycles. The first-order valence-electron chi connectivity index (χ1n) is 10.1. The smallest absolute Gasteiger partial charge is 0.265 e. The molecule has 0 radical (unpaired) electrons. The number of hydrogen-bond acceptors (Lipinski definition) is 5. The van der Waals surface area contributed by atoms with Crippen molar-refractivity contribution in [2.75, 3.05) is 24.7 Å². The number of carbonyl (C=O) groups excluding carboxylic acids is 1. The molecular weight excluding hydrogens is 444 g/mol. The average molecular weight is 463 g/mol. The number of benzene rings is 3. The van der Waals surface area contributed by atoms with Crippen molar-refractivity contribution in [2.45, 2.75) is 0 Å². The summed E-state index contributed by atoms with van der Waals surface area (Å²) in [4.78, 5) is 19.1. The first-order chi connectivity index (χ1) is 15.7. The number of fused-ring (bicyclic) bond motifs is 1. The van der Waals surface area contributed by atoms with Gasteiger partial charge in [-0.15, -0.1) is 11.3 Å². The molecule has 160 valence electrons. The summed E-state index contributed by atoms with van der Waals surface area (Å²) in [5.74, 6) is 1.29. The number of aromatic nitrogens is 1. The highest BCUT2D eigenvalue weighted by Crippen LogP contribution is 2.37. The van der Waals surface area contributed by atoms with E-state index in [2.05, 4.69) is 0 Å². The van der Waals surface area contributed by atoms with E-state index < -0.39 is 0 Å². The van der Waals surface area contributed by atoms with Gasteiger partial charge in [-0.3, -0.25) is 4.79 Å². The lowest BCUT2D eigenvalue weighted by Gasteiger charge is -2.29. The zero-order valence-corrected chi connectivity index (χ0v) is 18.6. The van der Waals surface area contributed by atoms with E-state index in [4.69, 9.17) is 26.1 Å². The number of hydrogen-bond donors (Lipinski definition) is 0. The Hall–Kier alpha value is -3.35. The summed E-state index contributed by atoms with van der Waals surface area (Å²) in [6.45, 7) is 0.779. The summed E-state index contributed by atoms with van der Waals surface area (Å²) in [7, 11) is 0. The van der Waals surface area contributed by atoms with Gasteiger partial charge in [0.05, 0.1) is 17.9 Å².